The van der Waals surface area contributed by atoms with E-state index in [1.165, 1.54) is 11.1 Å². The average Bonchev–Trinajstić information content (AvgIpc) is 2.68. The molecule has 0 atom stereocenters. The number of hydrogen-bond donors (Lipinski definition) is 0. The number of rotatable bonds is 5. The molecule has 130 valence electrons. The second-order valence-electron chi connectivity index (χ2n) is 6.18. The molecular weight excluding hydrogens is 317 g/mol. The number of carbonyl (C=O) groups is 1. The highest BCUT2D eigenvalue weighted by atomic mass is 19.1. The molecule has 0 unspecified atom stereocenters. The monoisotopic (exact) mass is 339 g/mol. The first-order valence-corrected chi connectivity index (χ1v) is 8.58. The molecule has 4 heteroatoms. The van der Waals surface area contributed by atoms with Crippen LogP contribution < -0.4 is 4.74 Å². The van der Waals surface area contributed by atoms with Gasteiger partial charge in [0.15, 0.2) is 0 Å². The number of nitrogens with zero attached hydrogens (tertiary/aromatic N) is 1. The van der Waals surface area contributed by atoms with Gasteiger partial charge in [-0.1, -0.05) is 31.2 Å². The van der Waals surface area contributed by atoms with E-state index in [4.69, 9.17) is 4.74 Å². The minimum absolute atomic E-state index is 0.0268. The molecule has 0 aromatic heterocycles. The first kappa shape index (κ1) is 17.2. The molecule has 3 rings (SSSR count). The Balaban J connectivity index is 1.63. The first-order valence-electron chi connectivity index (χ1n) is 8.58. The summed E-state index contributed by atoms with van der Waals surface area (Å²) in [6, 6.07) is 15.3. The van der Waals surface area contributed by atoms with Crippen LogP contribution in [0.3, 0.4) is 0 Å². The van der Waals surface area contributed by atoms with Crippen LogP contribution in [0.25, 0.3) is 0 Å². The molecule has 2 aromatic rings. The molecule has 0 saturated carbocycles. The molecule has 0 fully saturated rings. The fourth-order valence-electron chi connectivity index (χ4n) is 2.93. The maximum absolute atomic E-state index is 12.7. The van der Waals surface area contributed by atoms with Gasteiger partial charge in [-0.3, -0.25) is 4.79 Å². The summed E-state index contributed by atoms with van der Waals surface area (Å²) in [5.74, 6) is 0.660. The van der Waals surface area contributed by atoms with Gasteiger partial charge in [0.1, 0.15) is 12.4 Å². The Bertz CT molecular complexity index is 768. The van der Waals surface area contributed by atoms with Crippen molar-refractivity contribution < 1.29 is 13.9 Å². The summed E-state index contributed by atoms with van der Waals surface area (Å²) < 4.78 is 18.1. The molecule has 0 radical (unpaired) electrons. The van der Waals surface area contributed by atoms with Gasteiger partial charge >= 0.3 is 0 Å². The van der Waals surface area contributed by atoms with Crippen LogP contribution in [0.4, 0.5) is 4.39 Å². The van der Waals surface area contributed by atoms with Gasteiger partial charge in [0.2, 0.25) is 0 Å². The van der Waals surface area contributed by atoms with Crippen LogP contribution in [0.15, 0.2) is 60.4 Å². The van der Waals surface area contributed by atoms with Gasteiger partial charge in [-0.2, -0.15) is 0 Å². The van der Waals surface area contributed by atoms with Crippen molar-refractivity contribution in [2.24, 2.45) is 0 Å². The van der Waals surface area contributed by atoms with E-state index < -0.39 is 0 Å². The number of fused-ring (bicyclic) bond motifs is 1. The standard InChI is InChI=1S/C21H22FNO2/c1-2-16(13-22)15-25-20-9-7-18(8-10-20)21(24)23-12-11-17-5-3-4-6-19(17)14-23/h3-10,13H,2,11-12,14-15H2,1H3. The predicted molar refractivity (Wildman–Crippen MR) is 96.3 cm³/mol. The third-order valence-electron chi connectivity index (χ3n) is 4.55. The van der Waals surface area contributed by atoms with Crippen molar-refractivity contribution in [3.8, 4) is 5.75 Å². The lowest BCUT2D eigenvalue weighted by molar-refractivity contribution is 0.0734. The zero-order valence-electron chi connectivity index (χ0n) is 14.4. The molecule has 0 N–H and O–H groups in total. The summed E-state index contributed by atoms with van der Waals surface area (Å²) in [4.78, 5) is 14.6. The number of ether oxygens (including phenoxy) is 1. The summed E-state index contributed by atoms with van der Waals surface area (Å²) in [7, 11) is 0. The van der Waals surface area contributed by atoms with E-state index in [0.717, 1.165) is 13.0 Å². The molecule has 2 aromatic carbocycles. The number of amides is 1. The van der Waals surface area contributed by atoms with Crippen LogP contribution in [0.1, 0.15) is 34.8 Å². The van der Waals surface area contributed by atoms with Crippen LogP contribution in [0.2, 0.25) is 0 Å². The first-order chi connectivity index (χ1) is 12.2. The Kier molecular flexibility index (Phi) is 5.49. The lowest BCUT2D eigenvalue weighted by atomic mass is 9.99. The molecule has 1 aliphatic rings. The largest absolute Gasteiger partial charge is 0.489 e. The zero-order chi connectivity index (χ0) is 17.6. The molecule has 0 aliphatic carbocycles. The molecule has 1 aliphatic heterocycles. The molecule has 0 spiro atoms. The molecule has 1 heterocycles. The summed E-state index contributed by atoms with van der Waals surface area (Å²) in [6.45, 7) is 3.49. The second kappa shape index (κ2) is 7.97. The summed E-state index contributed by atoms with van der Waals surface area (Å²) in [5, 5.41) is 0. The summed E-state index contributed by atoms with van der Waals surface area (Å²) in [5.41, 5.74) is 3.78. The molecule has 0 bridgehead atoms. The Morgan fingerprint density at radius 3 is 2.56 bits per heavy atom. The van der Waals surface area contributed by atoms with Crippen LogP contribution in [0, 0.1) is 0 Å². The molecule has 1 amide bonds. The number of hydrogen-bond acceptors (Lipinski definition) is 2. The fraction of sp³-hybridized carbons (Fsp3) is 0.286. The lowest BCUT2D eigenvalue weighted by Crippen LogP contribution is -2.35. The number of halogens is 1. The van der Waals surface area contributed by atoms with Crippen LogP contribution in [-0.2, 0) is 13.0 Å². The van der Waals surface area contributed by atoms with E-state index in [9.17, 15) is 9.18 Å². The summed E-state index contributed by atoms with van der Waals surface area (Å²) >= 11 is 0. The minimum Gasteiger partial charge on any atom is -0.489 e. The van der Waals surface area contributed by atoms with E-state index in [1.54, 1.807) is 24.3 Å². The van der Waals surface area contributed by atoms with E-state index in [2.05, 4.69) is 12.1 Å². The van der Waals surface area contributed by atoms with Gasteiger partial charge in [0.25, 0.3) is 5.91 Å². The highest BCUT2D eigenvalue weighted by Crippen LogP contribution is 2.21. The second-order valence-corrected chi connectivity index (χ2v) is 6.18. The Morgan fingerprint density at radius 1 is 1.16 bits per heavy atom. The molecular formula is C21H22FNO2. The SMILES string of the molecule is CCC(=CF)COc1ccc(C(=O)N2CCc3ccccc3C2)cc1. The maximum Gasteiger partial charge on any atom is 0.254 e. The van der Waals surface area contributed by atoms with Gasteiger partial charge in [-0.15, -0.1) is 0 Å². The van der Waals surface area contributed by atoms with Gasteiger partial charge in [0.05, 0.1) is 6.33 Å². The van der Waals surface area contributed by atoms with Crippen molar-refractivity contribution >= 4 is 5.91 Å². The fourth-order valence-corrected chi connectivity index (χ4v) is 2.93. The van der Waals surface area contributed by atoms with E-state index in [1.807, 2.05) is 24.0 Å². The minimum atomic E-state index is 0.0268. The van der Waals surface area contributed by atoms with Crippen molar-refractivity contribution in [1.82, 2.24) is 4.90 Å². The predicted octanol–water partition coefficient (Wildman–Crippen LogP) is 4.53. The van der Waals surface area contributed by atoms with Crippen molar-refractivity contribution in [1.29, 1.82) is 0 Å². The third kappa shape index (κ3) is 4.08. The lowest BCUT2D eigenvalue weighted by Gasteiger charge is -2.29. The smallest absolute Gasteiger partial charge is 0.254 e. The van der Waals surface area contributed by atoms with E-state index in [0.29, 0.717) is 36.2 Å². The van der Waals surface area contributed by atoms with Crippen molar-refractivity contribution in [2.45, 2.75) is 26.3 Å². The van der Waals surface area contributed by atoms with Crippen molar-refractivity contribution in [3.63, 3.8) is 0 Å². The molecule has 0 saturated heterocycles. The van der Waals surface area contributed by atoms with Crippen LogP contribution in [0.5, 0.6) is 5.75 Å². The third-order valence-corrected chi connectivity index (χ3v) is 4.55. The Morgan fingerprint density at radius 2 is 1.88 bits per heavy atom. The maximum atomic E-state index is 12.7. The van der Waals surface area contributed by atoms with Crippen LogP contribution >= 0.6 is 0 Å². The Hall–Kier alpha value is -2.62. The normalized spacial score (nSPS) is 14.2. The molecule has 25 heavy (non-hydrogen) atoms. The molecule has 3 nitrogen and oxygen atoms in total. The van der Waals surface area contributed by atoms with Crippen molar-refractivity contribution in [2.75, 3.05) is 13.2 Å². The van der Waals surface area contributed by atoms with Crippen molar-refractivity contribution in [3.05, 3.63) is 77.1 Å². The summed E-state index contributed by atoms with van der Waals surface area (Å²) in [6.07, 6.45) is 2.09. The Labute approximate surface area is 147 Å². The highest BCUT2D eigenvalue weighted by molar-refractivity contribution is 5.94. The zero-order valence-corrected chi connectivity index (χ0v) is 14.4. The van der Waals surface area contributed by atoms with Gasteiger partial charge in [-0.25, -0.2) is 4.39 Å². The average molecular weight is 339 g/mol. The van der Waals surface area contributed by atoms with Gasteiger partial charge in [-0.05, 0) is 53.8 Å². The highest BCUT2D eigenvalue weighted by Gasteiger charge is 2.21. The van der Waals surface area contributed by atoms with E-state index in [-0.39, 0.29) is 12.5 Å². The van der Waals surface area contributed by atoms with Gasteiger partial charge in [0, 0.05) is 18.7 Å². The quantitative estimate of drug-likeness (QED) is 0.801. The topological polar surface area (TPSA) is 29.5 Å². The van der Waals surface area contributed by atoms with E-state index >= 15 is 0 Å². The number of benzene rings is 2. The number of carbonyl (C=O) groups excluding carboxylic acids is 1. The van der Waals surface area contributed by atoms with Crippen LogP contribution in [-0.4, -0.2) is 24.0 Å². The van der Waals surface area contributed by atoms with Gasteiger partial charge < -0.3 is 9.64 Å².